The summed E-state index contributed by atoms with van der Waals surface area (Å²) in [5.74, 6) is -0.0707. The summed E-state index contributed by atoms with van der Waals surface area (Å²) in [7, 11) is 2.06. The maximum Gasteiger partial charge on any atom is 0.237 e. The second kappa shape index (κ2) is 6.83. The number of rotatable bonds is 5. The monoisotopic (exact) mass is 229 g/mol. The highest BCUT2D eigenvalue weighted by atomic mass is 16.5. The molecule has 3 N–H and O–H groups in total. The lowest BCUT2D eigenvalue weighted by Gasteiger charge is -2.30. The van der Waals surface area contributed by atoms with E-state index in [0.717, 1.165) is 32.5 Å². The third-order valence-electron chi connectivity index (χ3n) is 2.78. The van der Waals surface area contributed by atoms with Gasteiger partial charge in [-0.05, 0) is 13.5 Å². The predicted octanol–water partition coefficient (Wildman–Crippen LogP) is -0.439. The van der Waals surface area contributed by atoms with E-state index in [4.69, 9.17) is 10.5 Å². The maximum atomic E-state index is 11.6. The van der Waals surface area contributed by atoms with E-state index in [2.05, 4.69) is 17.3 Å². The van der Waals surface area contributed by atoms with Gasteiger partial charge in [0.25, 0.3) is 0 Å². The quantitative estimate of drug-likeness (QED) is 0.671. The average molecular weight is 229 g/mol. The number of nitrogens with two attached hydrogens (primary N) is 1. The van der Waals surface area contributed by atoms with Crippen molar-refractivity contribution >= 4 is 5.91 Å². The Balaban J connectivity index is 2.20. The molecule has 5 nitrogen and oxygen atoms in total. The van der Waals surface area contributed by atoms with Crippen molar-refractivity contribution in [2.45, 2.75) is 31.9 Å². The third kappa shape index (κ3) is 4.47. The molecule has 0 aliphatic carbocycles. The first-order chi connectivity index (χ1) is 7.63. The predicted molar refractivity (Wildman–Crippen MR) is 63.1 cm³/mol. The molecule has 0 bridgehead atoms. The van der Waals surface area contributed by atoms with E-state index in [1.807, 2.05) is 6.92 Å². The van der Waals surface area contributed by atoms with E-state index in [-0.39, 0.29) is 18.1 Å². The van der Waals surface area contributed by atoms with Crippen molar-refractivity contribution in [1.29, 1.82) is 0 Å². The number of ether oxygens (including phenoxy) is 1. The molecule has 94 valence electrons. The van der Waals surface area contributed by atoms with Crippen molar-refractivity contribution in [3.05, 3.63) is 0 Å². The largest absolute Gasteiger partial charge is 0.374 e. The summed E-state index contributed by atoms with van der Waals surface area (Å²) in [5, 5.41) is 2.84. The van der Waals surface area contributed by atoms with Crippen LogP contribution >= 0.6 is 0 Å². The Morgan fingerprint density at radius 1 is 1.69 bits per heavy atom. The summed E-state index contributed by atoms with van der Waals surface area (Å²) in [6.45, 7) is 5.13. The standard InChI is InChI=1S/C11H23N3O2/c1-3-4-10(12)11(15)13-7-9-8-14(2)5-6-16-9/h9-10H,3-8,12H2,1-2H3,(H,13,15). The number of carbonyl (C=O) groups excluding carboxylic acids is 1. The summed E-state index contributed by atoms with van der Waals surface area (Å²) >= 11 is 0. The van der Waals surface area contributed by atoms with Crippen LogP contribution in [0.2, 0.25) is 0 Å². The first kappa shape index (κ1) is 13.4. The summed E-state index contributed by atoms with van der Waals surface area (Å²) in [5.41, 5.74) is 5.71. The van der Waals surface area contributed by atoms with Crippen LogP contribution in [0.4, 0.5) is 0 Å². The van der Waals surface area contributed by atoms with E-state index >= 15 is 0 Å². The molecule has 1 fully saturated rings. The fraction of sp³-hybridized carbons (Fsp3) is 0.909. The molecule has 0 aromatic heterocycles. The van der Waals surface area contributed by atoms with E-state index < -0.39 is 0 Å². The number of likely N-dealkylation sites (N-methyl/N-ethyl adjacent to an activating group) is 1. The van der Waals surface area contributed by atoms with Crippen LogP contribution in [0.25, 0.3) is 0 Å². The van der Waals surface area contributed by atoms with E-state index in [1.165, 1.54) is 0 Å². The van der Waals surface area contributed by atoms with Gasteiger partial charge in [-0.15, -0.1) is 0 Å². The molecule has 16 heavy (non-hydrogen) atoms. The molecule has 5 heteroatoms. The lowest BCUT2D eigenvalue weighted by atomic mass is 10.1. The van der Waals surface area contributed by atoms with Gasteiger partial charge in [-0.25, -0.2) is 0 Å². The van der Waals surface area contributed by atoms with Crippen molar-refractivity contribution in [2.75, 3.05) is 33.3 Å². The molecule has 0 aromatic rings. The fourth-order valence-electron chi connectivity index (χ4n) is 1.78. The van der Waals surface area contributed by atoms with Gasteiger partial charge < -0.3 is 20.7 Å². The van der Waals surface area contributed by atoms with Crippen LogP contribution in [0.5, 0.6) is 0 Å². The highest BCUT2D eigenvalue weighted by molar-refractivity contribution is 5.81. The number of nitrogens with zero attached hydrogens (tertiary/aromatic N) is 1. The molecule has 2 unspecified atom stereocenters. The first-order valence-corrected chi connectivity index (χ1v) is 5.97. The van der Waals surface area contributed by atoms with Gasteiger partial charge in [0.15, 0.2) is 0 Å². The summed E-state index contributed by atoms with van der Waals surface area (Å²) in [6, 6.07) is -0.383. The molecular formula is C11H23N3O2. The van der Waals surface area contributed by atoms with Gasteiger partial charge in [0.2, 0.25) is 5.91 Å². The summed E-state index contributed by atoms with van der Waals surface area (Å²) < 4.78 is 5.54. The van der Waals surface area contributed by atoms with Crippen LogP contribution in [0, 0.1) is 0 Å². The van der Waals surface area contributed by atoms with Gasteiger partial charge in [0.05, 0.1) is 18.8 Å². The Bertz CT molecular complexity index is 223. The zero-order chi connectivity index (χ0) is 12.0. The minimum Gasteiger partial charge on any atom is -0.374 e. The Kier molecular flexibility index (Phi) is 5.73. The number of hydrogen-bond acceptors (Lipinski definition) is 4. The number of carbonyl (C=O) groups is 1. The molecule has 1 saturated heterocycles. The SMILES string of the molecule is CCCC(N)C(=O)NCC1CN(C)CCO1. The minimum atomic E-state index is -0.383. The Hall–Kier alpha value is -0.650. The summed E-state index contributed by atoms with van der Waals surface area (Å²) in [6.07, 6.45) is 1.76. The van der Waals surface area contributed by atoms with Crippen LogP contribution in [0.15, 0.2) is 0 Å². The Morgan fingerprint density at radius 2 is 2.44 bits per heavy atom. The second-order valence-corrected chi connectivity index (χ2v) is 4.40. The second-order valence-electron chi connectivity index (χ2n) is 4.40. The normalized spacial score (nSPS) is 24.1. The molecule has 0 saturated carbocycles. The molecule has 1 aliphatic rings. The van der Waals surface area contributed by atoms with Crippen molar-refractivity contribution < 1.29 is 9.53 Å². The van der Waals surface area contributed by atoms with Crippen molar-refractivity contribution in [3.8, 4) is 0 Å². The lowest BCUT2D eigenvalue weighted by Crippen LogP contribution is -2.49. The molecule has 0 spiro atoms. The van der Waals surface area contributed by atoms with Crippen LogP contribution in [-0.2, 0) is 9.53 Å². The fourth-order valence-corrected chi connectivity index (χ4v) is 1.78. The zero-order valence-electron chi connectivity index (χ0n) is 10.2. The minimum absolute atomic E-state index is 0.0707. The topological polar surface area (TPSA) is 67.6 Å². The average Bonchev–Trinajstić information content (AvgIpc) is 2.26. The molecule has 0 radical (unpaired) electrons. The first-order valence-electron chi connectivity index (χ1n) is 5.97. The van der Waals surface area contributed by atoms with Gasteiger partial charge in [0.1, 0.15) is 0 Å². The number of morpholine rings is 1. The van der Waals surface area contributed by atoms with Gasteiger partial charge in [-0.1, -0.05) is 13.3 Å². The van der Waals surface area contributed by atoms with Crippen LogP contribution in [0.1, 0.15) is 19.8 Å². The Labute approximate surface area is 97.3 Å². The highest BCUT2D eigenvalue weighted by Gasteiger charge is 2.19. The number of amides is 1. The number of nitrogens with one attached hydrogen (secondary N) is 1. The highest BCUT2D eigenvalue weighted by Crippen LogP contribution is 2.01. The smallest absolute Gasteiger partial charge is 0.237 e. The number of hydrogen-bond donors (Lipinski definition) is 2. The van der Waals surface area contributed by atoms with Crippen molar-refractivity contribution in [3.63, 3.8) is 0 Å². The van der Waals surface area contributed by atoms with Gasteiger partial charge >= 0.3 is 0 Å². The molecular weight excluding hydrogens is 206 g/mol. The Morgan fingerprint density at radius 3 is 3.06 bits per heavy atom. The lowest BCUT2D eigenvalue weighted by molar-refractivity contribution is -0.123. The molecule has 1 amide bonds. The molecule has 2 atom stereocenters. The maximum absolute atomic E-state index is 11.6. The van der Waals surface area contributed by atoms with Crippen LogP contribution in [-0.4, -0.2) is 56.2 Å². The molecule has 1 rings (SSSR count). The van der Waals surface area contributed by atoms with E-state index in [1.54, 1.807) is 0 Å². The molecule has 1 aliphatic heterocycles. The van der Waals surface area contributed by atoms with E-state index in [0.29, 0.717) is 6.54 Å². The molecule has 0 aromatic carbocycles. The summed E-state index contributed by atoms with van der Waals surface area (Å²) in [4.78, 5) is 13.8. The van der Waals surface area contributed by atoms with Gasteiger partial charge in [-0.3, -0.25) is 4.79 Å². The van der Waals surface area contributed by atoms with Crippen LogP contribution < -0.4 is 11.1 Å². The van der Waals surface area contributed by atoms with E-state index in [9.17, 15) is 4.79 Å². The third-order valence-corrected chi connectivity index (χ3v) is 2.78. The van der Waals surface area contributed by atoms with Gasteiger partial charge in [-0.2, -0.15) is 0 Å². The zero-order valence-corrected chi connectivity index (χ0v) is 10.2. The van der Waals surface area contributed by atoms with Crippen molar-refractivity contribution in [2.24, 2.45) is 5.73 Å². The van der Waals surface area contributed by atoms with Crippen LogP contribution in [0.3, 0.4) is 0 Å². The van der Waals surface area contributed by atoms with Crippen molar-refractivity contribution in [1.82, 2.24) is 10.2 Å². The molecule has 1 heterocycles. The van der Waals surface area contributed by atoms with Gasteiger partial charge in [0, 0.05) is 19.6 Å².